The van der Waals surface area contributed by atoms with Crippen molar-refractivity contribution in [1.29, 1.82) is 0 Å². The number of hydrogen-bond donors (Lipinski definition) is 1. The molecule has 0 aromatic heterocycles. The van der Waals surface area contributed by atoms with E-state index in [0.717, 1.165) is 18.4 Å². The lowest BCUT2D eigenvalue weighted by molar-refractivity contribution is -0.148. The summed E-state index contributed by atoms with van der Waals surface area (Å²) in [5.74, 6) is -1.49. The van der Waals surface area contributed by atoms with Crippen LogP contribution in [-0.4, -0.2) is 35.9 Å². The molecule has 0 aromatic carbocycles. The van der Waals surface area contributed by atoms with Crippen molar-refractivity contribution in [3.8, 4) is 0 Å². The lowest BCUT2D eigenvalue weighted by atomic mass is 9.83. The quantitative estimate of drug-likeness (QED) is 0.491. The Bertz CT molecular complexity index is 546. The first-order chi connectivity index (χ1) is 10.9. The number of carbonyl (C=O) groups excluding carboxylic acids is 2. The van der Waals surface area contributed by atoms with Gasteiger partial charge in [0.15, 0.2) is 0 Å². The summed E-state index contributed by atoms with van der Waals surface area (Å²) >= 11 is 0. The molecule has 0 spiro atoms. The number of esters is 2. The van der Waals surface area contributed by atoms with Crippen LogP contribution in [0.1, 0.15) is 33.1 Å². The van der Waals surface area contributed by atoms with E-state index in [2.05, 4.69) is 12.7 Å². The largest absolute Gasteiger partial charge is 0.458 e. The van der Waals surface area contributed by atoms with E-state index >= 15 is 0 Å². The van der Waals surface area contributed by atoms with Crippen LogP contribution in [0.15, 0.2) is 36.0 Å². The first kappa shape index (κ1) is 17.5. The number of ether oxygens (including phenoxy) is 2. The SMILES string of the molecule is C=C(CO)C(=O)O[C@H]1C/C(C)=C/CC/C=C\[C@@H]2OC(=O)[C@@H](C)[C@@H]21. The lowest BCUT2D eigenvalue weighted by Crippen LogP contribution is -2.36. The van der Waals surface area contributed by atoms with Crippen molar-refractivity contribution in [2.75, 3.05) is 6.61 Å². The molecule has 0 unspecified atom stereocenters. The van der Waals surface area contributed by atoms with Gasteiger partial charge in [0.25, 0.3) is 0 Å². The first-order valence-corrected chi connectivity index (χ1v) is 7.96. The molecular weight excluding hydrogens is 296 g/mol. The highest BCUT2D eigenvalue weighted by atomic mass is 16.6. The molecule has 0 aromatic rings. The molecule has 1 aliphatic carbocycles. The maximum atomic E-state index is 12.0. The summed E-state index contributed by atoms with van der Waals surface area (Å²) in [6, 6.07) is 0. The third-order valence-electron chi connectivity index (χ3n) is 4.42. The average molecular weight is 320 g/mol. The Morgan fingerprint density at radius 1 is 1.48 bits per heavy atom. The van der Waals surface area contributed by atoms with Gasteiger partial charge in [0, 0.05) is 6.42 Å². The summed E-state index contributed by atoms with van der Waals surface area (Å²) < 4.78 is 11.0. The molecule has 1 N–H and O–H groups in total. The van der Waals surface area contributed by atoms with Gasteiger partial charge in [0.2, 0.25) is 0 Å². The van der Waals surface area contributed by atoms with Crippen molar-refractivity contribution >= 4 is 11.9 Å². The third kappa shape index (κ3) is 4.10. The molecule has 0 bridgehead atoms. The normalized spacial score (nSPS) is 34.6. The topological polar surface area (TPSA) is 72.8 Å². The molecule has 0 saturated carbocycles. The maximum Gasteiger partial charge on any atom is 0.336 e. The van der Waals surface area contributed by atoms with Crippen LogP contribution in [-0.2, 0) is 19.1 Å². The minimum Gasteiger partial charge on any atom is -0.458 e. The molecule has 2 rings (SSSR count). The van der Waals surface area contributed by atoms with E-state index in [1.165, 1.54) is 0 Å². The highest BCUT2D eigenvalue weighted by Gasteiger charge is 2.46. The third-order valence-corrected chi connectivity index (χ3v) is 4.42. The zero-order chi connectivity index (χ0) is 17.0. The van der Waals surface area contributed by atoms with Crippen LogP contribution in [0, 0.1) is 11.8 Å². The van der Waals surface area contributed by atoms with Crippen molar-refractivity contribution < 1.29 is 24.2 Å². The van der Waals surface area contributed by atoms with E-state index in [1.54, 1.807) is 6.92 Å². The summed E-state index contributed by atoms with van der Waals surface area (Å²) in [4.78, 5) is 24.0. The van der Waals surface area contributed by atoms with Crippen molar-refractivity contribution in [2.45, 2.75) is 45.3 Å². The van der Waals surface area contributed by atoms with Gasteiger partial charge in [-0.05, 0) is 25.8 Å². The van der Waals surface area contributed by atoms with Crippen LogP contribution in [0.25, 0.3) is 0 Å². The highest BCUT2D eigenvalue weighted by molar-refractivity contribution is 5.88. The Morgan fingerprint density at radius 3 is 2.91 bits per heavy atom. The molecule has 0 amide bonds. The summed E-state index contributed by atoms with van der Waals surface area (Å²) in [5.41, 5.74) is 1.12. The van der Waals surface area contributed by atoms with E-state index in [4.69, 9.17) is 14.6 Å². The van der Waals surface area contributed by atoms with Gasteiger partial charge < -0.3 is 14.6 Å². The molecule has 1 aliphatic heterocycles. The van der Waals surface area contributed by atoms with Crippen molar-refractivity contribution in [3.05, 3.63) is 36.0 Å². The second kappa shape index (κ2) is 7.59. The molecule has 4 atom stereocenters. The Hall–Kier alpha value is -1.88. The molecule has 5 nitrogen and oxygen atoms in total. The highest BCUT2D eigenvalue weighted by Crippen LogP contribution is 2.36. The van der Waals surface area contributed by atoms with Crippen LogP contribution >= 0.6 is 0 Å². The van der Waals surface area contributed by atoms with E-state index in [-0.39, 0.29) is 29.5 Å². The van der Waals surface area contributed by atoms with Crippen LogP contribution in [0.4, 0.5) is 0 Å². The molecule has 1 saturated heterocycles. The zero-order valence-corrected chi connectivity index (χ0v) is 13.7. The number of rotatable bonds is 3. The number of carbonyl (C=O) groups is 2. The average Bonchev–Trinajstić information content (AvgIpc) is 2.80. The standard InChI is InChI=1S/C18H24O5/c1-11-7-5-4-6-8-14-16(13(3)18(21)22-14)15(9-11)23-17(20)12(2)10-19/h6-8,13-16,19H,2,4-5,9-10H2,1,3H3/b8-6-,11-7+/t13-,14-,15-,16-/m0/s1. The Kier molecular flexibility index (Phi) is 5.77. The fraction of sp³-hybridized carbons (Fsp3) is 0.556. The second-order valence-corrected chi connectivity index (χ2v) is 6.23. The fourth-order valence-corrected chi connectivity index (χ4v) is 3.06. The van der Waals surface area contributed by atoms with E-state index in [9.17, 15) is 9.59 Å². The van der Waals surface area contributed by atoms with Crippen LogP contribution < -0.4 is 0 Å². The Labute approximate surface area is 136 Å². The van der Waals surface area contributed by atoms with Crippen LogP contribution in [0.2, 0.25) is 0 Å². The summed E-state index contributed by atoms with van der Waals surface area (Å²) in [6.07, 6.45) is 7.46. The minimum atomic E-state index is -0.628. The van der Waals surface area contributed by atoms with E-state index in [0.29, 0.717) is 6.42 Å². The first-order valence-electron chi connectivity index (χ1n) is 7.96. The second-order valence-electron chi connectivity index (χ2n) is 6.23. The van der Waals surface area contributed by atoms with Gasteiger partial charge in [-0.2, -0.15) is 0 Å². The number of fused-ring (bicyclic) bond motifs is 1. The molecular formula is C18H24O5. The van der Waals surface area contributed by atoms with Crippen molar-refractivity contribution in [3.63, 3.8) is 0 Å². The van der Waals surface area contributed by atoms with E-state index in [1.807, 2.05) is 19.1 Å². The number of aliphatic hydroxyl groups excluding tert-OH is 1. The van der Waals surface area contributed by atoms with Crippen molar-refractivity contribution in [2.24, 2.45) is 11.8 Å². The van der Waals surface area contributed by atoms with Gasteiger partial charge in [-0.3, -0.25) is 4.79 Å². The number of allylic oxidation sites excluding steroid dienone is 2. The molecule has 5 heteroatoms. The molecule has 23 heavy (non-hydrogen) atoms. The van der Waals surface area contributed by atoms with E-state index < -0.39 is 18.7 Å². The van der Waals surface area contributed by atoms with Gasteiger partial charge in [-0.15, -0.1) is 0 Å². The molecule has 1 fully saturated rings. The van der Waals surface area contributed by atoms with Gasteiger partial charge >= 0.3 is 11.9 Å². The number of aliphatic hydroxyl groups is 1. The smallest absolute Gasteiger partial charge is 0.336 e. The van der Waals surface area contributed by atoms with Crippen LogP contribution in [0.5, 0.6) is 0 Å². The minimum absolute atomic E-state index is 0.00807. The fourth-order valence-electron chi connectivity index (χ4n) is 3.06. The predicted octanol–water partition coefficient (Wildman–Crippen LogP) is 2.31. The van der Waals surface area contributed by atoms with Gasteiger partial charge in [0.05, 0.1) is 24.0 Å². The van der Waals surface area contributed by atoms with Gasteiger partial charge in [0.1, 0.15) is 12.2 Å². The monoisotopic (exact) mass is 320 g/mol. The zero-order valence-electron chi connectivity index (χ0n) is 13.7. The summed E-state index contributed by atoms with van der Waals surface area (Å²) in [7, 11) is 0. The molecule has 1 heterocycles. The summed E-state index contributed by atoms with van der Waals surface area (Å²) in [6.45, 7) is 6.85. The Morgan fingerprint density at radius 2 is 2.22 bits per heavy atom. The lowest BCUT2D eigenvalue weighted by Gasteiger charge is -2.28. The van der Waals surface area contributed by atoms with Gasteiger partial charge in [-0.25, -0.2) is 4.79 Å². The number of hydrogen-bond acceptors (Lipinski definition) is 5. The van der Waals surface area contributed by atoms with Gasteiger partial charge in [-0.1, -0.05) is 31.2 Å². The van der Waals surface area contributed by atoms with Crippen molar-refractivity contribution in [1.82, 2.24) is 0 Å². The molecule has 2 aliphatic rings. The molecule has 0 radical (unpaired) electrons. The Balaban J connectivity index is 2.29. The summed E-state index contributed by atoms with van der Waals surface area (Å²) in [5, 5.41) is 9.05. The predicted molar refractivity (Wildman–Crippen MR) is 85.4 cm³/mol. The maximum absolute atomic E-state index is 12.0. The van der Waals surface area contributed by atoms with Crippen LogP contribution in [0.3, 0.4) is 0 Å². The molecule has 126 valence electrons.